The summed E-state index contributed by atoms with van der Waals surface area (Å²) in [6, 6.07) is 6.71. The molecule has 0 saturated heterocycles. The zero-order valence-corrected chi connectivity index (χ0v) is 12.6. The van der Waals surface area contributed by atoms with Gasteiger partial charge in [-0.25, -0.2) is 14.3 Å². The van der Waals surface area contributed by atoms with E-state index in [1.807, 2.05) is 24.3 Å². The molecule has 1 aromatic heterocycles. The number of carboxylic acids is 1. The Morgan fingerprint density at radius 1 is 1.41 bits per heavy atom. The molecule has 2 aromatic rings. The van der Waals surface area contributed by atoms with E-state index in [-0.39, 0.29) is 5.69 Å². The van der Waals surface area contributed by atoms with Crippen molar-refractivity contribution in [3.63, 3.8) is 0 Å². The van der Waals surface area contributed by atoms with E-state index in [0.29, 0.717) is 25.2 Å². The van der Waals surface area contributed by atoms with Crippen molar-refractivity contribution in [1.82, 2.24) is 14.3 Å². The Labute approximate surface area is 130 Å². The van der Waals surface area contributed by atoms with Gasteiger partial charge in [0.2, 0.25) is 0 Å². The molecule has 0 bridgehead atoms. The summed E-state index contributed by atoms with van der Waals surface area (Å²) in [7, 11) is 0. The number of aromatic nitrogens is 3. The standard InChI is InChI=1S/C14H16N4O3S/c15-22-10-6-4-9(5-7-10)8-17-14(21)18-11(13(19)20)2-1-3-12(18)16-17/h4-7,11H,1-3,8,15H2,(H,19,20). The van der Waals surface area contributed by atoms with E-state index in [0.717, 1.165) is 28.8 Å². The van der Waals surface area contributed by atoms with Crippen LogP contribution in [0.2, 0.25) is 0 Å². The van der Waals surface area contributed by atoms with Gasteiger partial charge in [-0.15, -0.1) is 0 Å². The summed E-state index contributed by atoms with van der Waals surface area (Å²) in [6.07, 6.45) is 1.83. The van der Waals surface area contributed by atoms with Gasteiger partial charge in [-0.2, -0.15) is 5.10 Å². The summed E-state index contributed by atoms with van der Waals surface area (Å²) < 4.78 is 2.65. The minimum Gasteiger partial charge on any atom is -0.480 e. The Bertz CT molecular complexity index is 750. The van der Waals surface area contributed by atoms with Gasteiger partial charge in [-0.3, -0.25) is 9.71 Å². The lowest BCUT2D eigenvalue weighted by molar-refractivity contribution is -0.141. The Morgan fingerprint density at radius 3 is 2.77 bits per heavy atom. The number of nitrogens with zero attached hydrogens (tertiary/aromatic N) is 3. The largest absolute Gasteiger partial charge is 0.480 e. The molecule has 7 nitrogen and oxygen atoms in total. The molecule has 1 aliphatic heterocycles. The number of carboxylic acid groups (broad SMARTS) is 1. The highest BCUT2D eigenvalue weighted by Gasteiger charge is 2.30. The van der Waals surface area contributed by atoms with Crippen molar-refractivity contribution < 1.29 is 9.90 Å². The van der Waals surface area contributed by atoms with Crippen molar-refractivity contribution in [2.45, 2.75) is 36.7 Å². The minimum atomic E-state index is -0.980. The van der Waals surface area contributed by atoms with Gasteiger partial charge in [-0.1, -0.05) is 12.1 Å². The highest BCUT2D eigenvalue weighted by Crippen LogP contribution is 2.22. The maximum absolute atomic E-state index is 12.4. The van der Waals surface area contributed by atoms with Crippen molar-refractivity contribution in [3.8, 4) is 0 Å². The number of benzene rings is 1. The molecule has 1 unspecified atom stereocenters. The van der Waals surface area contributed by atoms with E-state index in [9.17, 15) is 14.7 Å². The zero-order chi connectivity index (χ0) is 15.7. The average molecular weight is 320 g/mol. The van der Waals surface area contributed by atoms with Crippen molar-refractivity contribution in [2.24, 2.45) is 5.14 Å². The van der Waals surface area contributed by atoms with E-state index < -0.39 is 12.0 Å². The molecule has 0 radical (unpaired) electrons. The van der Waals surface area contributed by atoms with Crippen LogP contribution in [0.15, 0.2) is 34.0 Å². The Morgan fingerprint density at radius 2 is 2.14 bits per heavy atom. The summed E-state index contributed by atoms with van der Waals surface area (Å²) in [5, 5.41) is 19.0. The van der Waals surface area contributed by atoms with Gasteiger partial charge < -0.3 is 5.11 Å². The molecule has 2 heterocycles. The number of fused-ring (bicyclic) bond motifs is 1. The van der Waals surface area contributed by atoms with E-state index in [4.69, 9.17) is 5.14 Å². The van der Waals surface area contributed by atoms with E-state index in [2.05, 4.69) is 5.10 Å². The molecule has 0 saturated carbocycles. The van der Waals surface area contributed by atoms with E-state index in [1.165, 1.54) is 9.25 Å². The summed E-state index contributed by atoms with van der Waals surface area (Å²) in [5.74, 6) is -0.426. The van der Waals surface area contributed by atoms with Crippen molar-refractivity contribution in [2.75, 3.05) is 0 Å². The zero-order valence-electron chi connectivity index (χ0n) is 11.8. The highest BCUT2D eigenvalue weighted by molar-refractivity contribution is 7.97. The third kappa shape index (κ3) is 2.67. The lowest BCUT2D eigenvalue weighted by Gasteiger charge is -2.19. The monoisotopic (exact) mass is 320 g/mol. The maximum Gasteiger partial charge on any atom is 0.347 e. The molecule has 1 aromatic carbocycles. The van der Waals surface area contributed by atoms with Gasteiger partial charge in [-0.05, 0) is 42.5 Å². The third-order valence-corrected chi connectivity index (χ3v) is 4.35. The molecule has 1 aliphatic rings. The minimum absolute atomic E-state index is 0.320. The first-order chi connectivity index (χ1) is 10.6. The first-order valence-corrected chi connectivity index (χ1v) is 7.85. The van der Waals surface area contributed by atoms with Crippen molar-refractivity contribution >= 4 is 17.9 Å². The Kier molecular flexibility index (Phi) is 4.04. The van der Waals surface area contributed by atoms with Gasteiger partial charge in [0.1, 0.15) is 11.9 Å². The molecule has 0 amide bonds. The number of aryl methyl sites for hydroxylation is 1. The SMILES string of the molecule is NSc1ccc(Cn2nc3n(c2=O)C(C(=O)O)CCC3)cc1. The molecule has 0 spiro atoms. The van der Waals surface area contributed by atoms with Crippen LogP contribution in [0.4, 0.5) is 0 Å². The Hall–Kier alpha value is -2.06. The molecule has 3 rings (SSSR count). The third-order valence-electron chi connectivity index (χ3n) is 3.81. The molecule has 8 heteroatoms. The van der Waals surface area contributed by atoms with Crippen molar-refractivity contribution in [3.05, 3.63) is 46.1 Å². The van der Waals surface area contributed by atoms with Crippen LogP contribution in [0.3, 0.4) is 0 Å². The number of hydrogen-bond donors (Lipinski definition) is 2. The molecular weight excluding hydrogens is 304 g/mol. The fourth-order valence-electron chi connectivity index (χ4n) is 2.71. The van der Waals surface area contributed by atoms with Crippen LogP contribution in [0, 0.1) is 0 Å². The van der Waals surface area contributed by atoms with Crippen LogP contribution in [0.1, 0.15) is 30.3 Å². The van der Waals surface area contributed by atoms with Crippen molar-refractivity contribution in [1.29, 1.82) is 0 Å². The molecular formula is C14H16N4O3S. The van der Waals surface area contributed by atoms with Crippen LogP contribution < -0.4 is 10.8 Å². The molecule has 116 valence electrons. The van der Waals surface area contributed by atoms with Gasteiger partial charge in [0.05, 0.1) is 6.54 Å². The normalized spacial score (nSPS) is 17.2. The summed E-state index contributed by atoms with van der Waals surface area (Å²) in [5.41, 5.74) is 0.557. The second-order valence-electron chi connectivity index (χ2n) is 5.23. The van der Waals surface area contributed by atoms with Crippen LogP contribution in [-0.4, -0.2) is 25.4 Å². The number of hydrogen-bond acceptors (Lipinski definition) is 5. The smallest absolute Gasteiger partial charge is 0.347 e. The molecule has 0 aliphatic carbocycles. The van der Waals surface area contributed by atoms with E-state index in [1.54, 1.807) is 0 Å². The summed E-state index contributed by atoms with van der Waals surface area (Å²) in [4.78, 5) is 24.7. The summed E-state index contributed by atoms with van der Waals surface area (Å²) >= 11 is 1.16. The summed E-state index contributed by atoms with van der Waals surface area (Å²) in [6.45, 7) is 0.320. The van der Waals surface area contributed by atoms with Gasteiger partial charge in [0.25, 0.3) is 0 Å². The first kappa shape index (κ1) is 14.9. The van der Waals surface area contributed by atoms with Gasteiger partial charge in [0, 0.05) is 11.3 Å². The van der Waals surface area contributed by atoms with Crippen LogP contribution in [0.25, 0.3) is 0 Å². The molecule has 22 heavy (non-hydrogen) atoms. The van der Waals surface area contributed by atoms with Gasteiger partial charge in [0.15, 0.2) is 0 Å². The molecule has 1 atom stereocenters. The van der Waals surface area contributed by atoms with E-state index >= 15 is 0 Å². The van der Waals surface area contributed by atoms with Crippen LogP contribution in [0.5, 0.6) is 0 Å². The van der Waals surface area contributed by atoms with Crippen LogP contribution >= 0.6 is 11.9 Å². The number of carbonyl (C=O) groups is 1. The van der Waals surface area contributed by atoms with Gasteiger partial charge >= 0.3 is 11.7 Å². The highest BCUT2D eigenvalue weighted by atomic mass is 32.2. The second kappa shape index (κ2) is 5.98. The molecule has 3 N–H and O–H groups in total. The first-order valence-electron chi connectivity index (χ1n) is 6.97. The number of nitrogens with two attached hydrogens (primary N) is 1. The predicted molar refractivity (Wildman–Crippen MR) is 81.7 cm³/mol. The Balaban J connectivity index is 1.92. The average Bonchev–Trinajstić information content (AvgIpc) is 2.84. The quantitative estimate of drug-likeness (QED) is 0.815. The fraction of sp³-hybridized carbons (Fsp3) is 0.357. The lowest BCUT2D eigenvalue weighted by atomic mass is 10.1. The number of aliphatic carboxylic acids is 1. The topological polar surface area (TPSA) is 103 Å². The number of rotatable bonds is 4. The lowest BCUT2D eigenvalue weighted by Crippen LogP contribution is -2.34. The molecule has 0 fully saturated rings. The maximum atomic E-state index is 12.4. The van der Waals surface area contributed by atoms with Crippen LogP contribution in [-0.2, 0) is 17.8 Å². The fourth-order valence-corrected chi connectivity index (χ4v) is 3.01. The second-order valence-corrected chi connectivity index (χ2v) is 5.94. The predicted octanol–water partition coefficient (Wildman–Crippen LogP) is 1.02.